The molecule has 1 saturated heterocycles. The van der Waals surface area contributed by atoms with Gasteiger partial charge >= 0.3 is 0 Å². The molecule has 1 aliphatic heterocycles. The van der Waals surface area contributed by atoms with Crippen molar-refractivity contribution in [2.45, 2.75) is 39.1 Å². The molecule has 1 rings (SSSR count). The van der Waals surface area contributed by atoms with Gasteiger partial charge in [0.1, 0.15) is 5.60 Å². The highest BCUT2D eigenvalue weighted by atomic mass is 16.7. The predicted octanol–water partition coefficient (Wildman–Crippen LogP) is 1.11. The van der Waals surface area contributed by atoms with E-state index in [0.717, 1.165) is 13.0 Å². The van der Waals surface area contributed by atoms with E-state index in [0.29, 0.717) is 19.9 Å². The fraction of sp³-hybridized carbons (Fsp3) is 1.00. The lowest BCUT2D eigenvalue weighted by atomic mass is 10.0. The van der Waals surface area contributed by atoms with Crippen LogP contribution in [0.25, 0.3) is 0 Å². The molecule has 0 saturated carbocycles. The van der Waals surface area contributed by atoms with Crippen LogP contribution in [-0.2, 0) is 14.2 Å². The van der Waals surface area contributed by atoms with Crippen LogP contribution >= 0.6 is 0 Å². The SMILES string of the molecule is CCOC(OCC)C1(CC)CNCO1. The van der Waals surface area contributed by atoms with E-state index in [1.807, 2.05) is 13.8 Å². The molecule has 4 nitrogen and oxygen atoms in total. The maximum Gasteiger partial charge on any atom is 0.187 e. The summed E-state index contributed by atoms with van der Waals surface area (Å²) in [6.45, 7) is 8.72. The second kappa shape index (κ2) is 5.66. The Morgan fingerprint density at radius 1 is 1.29 bits per heavy atom. The Kier molecular flexibility index (Phi) is 4.81. The first-order valence-corrected chi connectivity index (χ1v) is 5.37. The van der Waals surface area contributed by atoms with Crippen LogP contribution in [0.5, 0.6) is 0 Å². The van der Waals surface area contributed by atoms with Gasteiger partial charge in [-0.15, -0.1) is 0 Å². The Morgan fingerprint density at radius 2 is 1.93 bits per heavy atom. The van der Waals surface area contributed by atoms with Gasteiger partial charge in [-0.05, 0) is 20.3 Å². The van der Waals surface area contributed by atoms with E-state index in [-0.39, 0.29) is 11.9 Å². The van der Waals surface area contributed by atoms with Gasteiger partial charge in [0.25, 0.3) is 0 Å². The summed E-state index contributed by atoms with van der Waals surface area (Å²) >= 11 is 0. The van der Waals surface area contributed by atoms with Gasteiger partial charge in [-0.25, -0.2) is 0 Å². The molecule has 1 fully saturated rings. The van der Waals surface area contributed by atoms with E-state index < -0.39 is 0 Å². The van der Waals surface area contributed by atoms with Crippen LogP contribution in [0.4, 0.5) is 0 Å². The summed E-state index contributed by atoms with van der Waals surface area (Å²) in [7, 11) is 0. The van der Waals surface area contributed by atoms with Crippen LogP contribution in [0.2, 0.25) is 0 Å². The van der Waals surface area contributed by atoms with Crippen molar-refractivity contribution in [2.24, 2.45) is 0 Å². The third kappa shape index (κ3) is 2.45. The Morgan fingerprint density at radius 3 is 2.29 bits per heavy atom. The van der Waals surface area contributed by atoms with Crippen LogP contribution in [0, 0.1) is 0 Å². The molecule has 1 atom stereocenters. The normalized spacial score (nSPS) is 27.4. The molecular weight excluding hydrogens is 182 g/mol. The summed E-state index contributed by atoms with van der Waals surface area (Å²) in [6, 6.07) is 0. The van der Waals surface area contributed by atoms with Gasteiger partial charge in [0.05, 0.1) is 6.73 Å². The number of rotatable bonds is 6. The van der Waals surface area contributed by atoms with E-state index in [1.165, 1.54) is 0 Å². The molecule has 1 unspecified atom stereocenters. The summed E-state index contributed by atoms with van der Waals surface area (Å²) in [5.74, 6) is 0. The first-order chi connectivity index (χ1) is 6.79. The summed E-state index contributed by atoms with van der Waals surface area (Å²) in [4.78, 5) is 0. The fourth-order valence-corrected chi connectivity index (χ4v) is 1.71. The number of hydrogen-bond acceptors (Lipinski definition) is 4. The molecule has 0 radical (unpaired) electrons. The number of ether oxygens (including phenoxy) is 3. The van der Waals surface area contributed by atoms with Gasteiger partial charge in [0, 0.05) is 19.8 Å². The number of hydrogen-bond donors (Lipinski definition) is 1. The molecule has 84 valence electrons. The average molecular weight is 203 g/mol. The monoisotopic (exact) mass is 203 g/mol. The van der Waals surface area contributed by atoms with E-state index in [2.05, 4.69) is 12.2 Å². The average Bonchev–Trinajstić information content (AvgIpc) is 2.67. The minimum absolute atomic E-state index is 0.252. The maximum atomic E-state index is 5.70. The zero-order valence-corrected chi connectivity index (χ0v) is 9.34. The second-order valence-electron chi connectivity index (χ2n) is 3.38. The lowest BCUT2D eigenvalue weighted by Gasteiger charge is -2.34. The maximum absolute atomic E-state index is 5.70. The lowest BCUT2D eigenvalue weighted by molar-refractivity contribution is -0.234. The second-order valence-corrected chi connectivity index (χ2v) is 3.38. The summed E-state index contributed by atoms with van der Waals surface area (Å²) in [6.07, 6.45) is 0.641. The minimum Gasteiger partial charge on any atom is -0.353 e. The van der Waals surface area contributed by atoms with Gasteiger partial charge in [0.15, 0.2) is 6.29 Å². The Bertz CT molecular complexity index is 151. The lowest BCUT2D eigenvalue weighted by Crippen LogP contribution is -2.48. The van der Waals surface area contributed by atoms with Crippen LogP contribution in [0.1, 0.15) is 27.2 Å². The molecule has 0 spiro atoms. The highest BCUT2D eigenvalue weighted by Crippen LogP contribution is 2.26. The van der Waals surface area contributed by atoms with E-state index in [4.69, 9.17) is 14.2 Å². The molecule has 1 aliphatic rings. The van der Waals surface area contributed by atoms with E-state index in [1.54, 1.807) is 0 Å². The van der Waals surface area contributed by atoms with Crippen LogP contribution in [0.3, 0.4) is 0 Å². The van der Waals surface area contributed by atoms with Crippen molar-refractivity contribution in [1.82, 2.24) is 5.32 Å². The third-order valence-electron chi connectivity index (χ3n) is 2.55. The Hall–Kier alpha value is -0.160. The van der Waals surface area contributed by atoms with Gasteiger partial charge in [-0.2, -0.15) is 0 Å². The molecule has 0 bridgehead atoms. The van der Waals surface area contributed by atoms with Crippen molar-refractivity contribution < 1.29 is 14.2 Å². The summed E-state index contributed by atoms with van der Waals surface area (Å²) < 4.78 is 16.8. The minimum atomic E-state index is -0.300. The topological polar surface area (TPSA) is 39.7 Å². The molecule has 1 N–H and O–H groups in total. The zero-order valence-electron chi connectivity index (χ0n) is 9.34. The molecule has 0 aromatic carbocycles. The zero-order chi connectivity index (χ0) is 10.4. The molecule has 0 aromatic heterocycles. The quantitative estimate of drug-likeness (QED) is 0.656. The molecule has 14 heavy (non-hydrogen) atoms. The van der Waals surface area contributed by atoms with Crippen molar-refractivity contribution in [3.05, 3.63) is 0 Å². The number of nitrogens with one attached hydrogen (secondary N) is 1. The van der Waals surface area contributed by atoms with Gasteiger partial charge < -0.3 is 14.2 Å². The van der Waals surface area contributed by atoms with E-state index in [9.17, 15) is 0 Å². The Labute approximate surface area is 85.9 Å². The largest absolute Gasteiger partial charge is 0.353 e. The third-order valence-corrected chi connectivity index (χ3v) is 2.55. The van der Waals surface area contributed by atoms with Crippen molar-refractivity contribution in [1.29, 1.82) is 0 Å². The van der Waals surface area contributed by atoms with Crippen LogP contribution in [-0.4, -0.2) is 38.4 Å². The highest BCUT2D eigenvalue weighted by Gasteiger charge is 2.42. The standard InChI is InChI=1S/C10H21NO3/c1-4-10(7-11-8-14-10)9(12-5-2)13-6-3/h9,11H,4-8H2,1-3H3. The van der Waals surface area contributed by atoms with Gasteiger partial charge in [-0.1, -0.05) is 6.92 Å². The Balaban J connectivity index is 2.61. The van der Waals surface area contributed by atoms with E-state index >= 15 is 0 Å². The summed E-state index contributed by atoms with van der Waals surface area (Å²) in [5, 5.41) is 3.18. The van der Waals surface area contributed by atoms with Crippen LogP contribution in [0.15, 0.2) is 0 Å². The highest BCUT2D eigenvalue weighted by molar-refractivity contribution is 4.89. The fourth-order valence-electron chi connectivity index (χ4n) is 1.71. The predicted molar refractivity (Wildman–Crippen MR) is 54.0 cm³/mol. The first kappa shape index (κ1) is 11.9. The van der Waals surface area contributed by atoms with Crippen molar-refractivity contribution in [3.63, 3.8) is 0 Å². The smallest absolute Gasteiger partial charge is 0.187 e. The molecule has 0 aliphatic carbocycles. The molecule has 0 aromatic rings. The van der Waals surface area contributed by atoms with Crippen molar-refractivity contribution in [2.75, 3.05) is 26.5 Å². The first-order valence-electron chi connectivity index (χ1n) is 5.37. The molecule has 0 amide bonds. The van der Waals surface area contributed by atoms with Gasteiger partial charge in [0.2, 0.25) is 0 Å². The molecule has 4 heteroatoms. The molecular formula is C10H21NO3. The van der Waals surface area contributed by atoms with Crippen LogP contribution < -0.4 is 5.32 Å². The van der Waals surface area contributed by atoms with Crippen molar-refractivity contribution in [3.8, 4) is 0 Å². The summed E-state index contributed by atoms with van der Waals surface area (Å²) in [5.41, 5.74) is -0.300. The molecule has 1 heterocycles. The van der Waals surface area contributed by atoms with Crippen molar-refractivity contribution >= 4 is 0 Å². The van der Waals surface area contributed by atoms with Gasteiger partial charge in [-0.3, -0.25) is 5.32 Å².